The molecule has 0 saturated heterocycles. The number of aryl methyl sites for hydroxylation is 1. The van der Waals surface area contributed by atoms with Crippen molar-refractivity contribution < 1.29 is 12.8 Å². The van der Waals surface area contributed by atoms with Gasteiger partial charge in [-0.3, -0.25) is 0 Å². The molecule has 2 aromatic rings. The van der Waals surface area contributed by atoms with E-state index in [-0.39, 0.29) is 12.2 Å². The standard InChI is InChI=1S/C14H14ClFN2O2S/c1-9-5-12(16)14(7-13(9)17)21(19,20)18-8-10-3-2-4-11(15)6-10/h2-7,18H,8,17H2,1H3. The van der Waals surface area contributed by atoms with Crippen LogP contribution in [-0.2, 0) is 16.6 Å². The summed E-state index contributed by atoms with van der Waals surface area (Å²) in [6.45, 7) is 1.62. The summed E-state index contributed by atoms with van der Waals surface area (Å²) in [6.07, 6.45) is 0. The maximum atomic E-state index is 13.8. The van der Waals surface area contributed by atoms with E-state index in [9.17, 15) is 12.8 Å². The summed E-state index contributed by atoms with van der Waals surface area (Å²) in [7, 11) is -3.99. The second kappa shape index (κ2) is 6.01. The molecule has 21 heavy (non-hydrogen) atoms. The Morgan fingerprint density at radius 2 is 2.00 bits per heavy atom. The van der Waals surface area contributed by atoms with Crippen molar-refractivity contribution in [3.63, 3.8) is 0 Å². The third-order valence-electron chi connectivity index (χ3n) is 2.97. The van der Waals surface area contributed by atoms with Gasteiger partial charge in [-0.05, 0) is 42.3 Å². The maximum absolute atomic E-state index is 13.8. The van der Waals surface area contributed by atoms with E-state index >= 15 is 0 Å². The topological polar surface area (TPSA) is 72.2 Å². The number of benzene rings is 2. The SMILES string of the molecule is Cc1cc(F)c(S(=O)(=O)NCc2cccc(Cl)c2)cc1N. The molecule has 0 atom stereocenters. The minimum Gasteiger partial charge on any atom is -0.398 e. The van der Waals surface area contributed by atoms with Gasteiger partial charge in [-0.15, -0.1) is 0 Å². The highest BCUT2D eigenvalue weighted by Gasteiger charge is 2.20. The first-order valence-electron chi connectivity index (χ1n) is 6.09. The lowest BCUT2D eigenvalue weighted by Gasteiger charge is -2.10. The fraction of sp³-hybridized carbons (Fsp3) is 0.143. The van der Waals surface area contributed by atoms with E-state index in [0.29, 0.717) is 16.1 Å². The Morgan fingerprint density at radius 3 is 2.67 bits per heavy atom. The van der Waals surface area contributed by atoms with Crippen molar-refractivity contribution in [2.75, 3.05) is 5.73 Å². The molecule has 0 amide bonds. The molecule has 0 radical (unpaired) electrons. The summed E-state index contributed by atoms with van der Waals surface area (Å²) in [6, 6.07) is 8.95. The van der Waals surface area contributed by atoms with Crippen LogP contribution in [0.15, 0.2) is 41.3 Å². The molecule has 0 aliphatic rings. The Kier molecular flexibility index (Phi) is 4.51. The third-order valence-corrected chi connectivity index (χ3v) is 4.62. The number of nitrogen functional groups attached to an aromatic ring is 1. The quantitative estimate of drug-likeness (QED) is 0.848. The summed E-state index contributed by atoms with van der Waals surface area (Å²) in [4.78, 5) is -0.465. The molecular formula is C14H14ClFN2O2S. The second-order valence-electron chi connectivity index (χ2n) is 4.59. The van der Waals surface area contributed by atoms with Crippen LogP contribution < -0.4 is 10.5 Å². The lowest BCUT2D eigenvalue weighted by molar-refractivity contribution is 0.556. The monoisotopic (exact) mass is 328 g/mol. The zero-order valence-corrected chi connectivity index (χ0v) is 12.8. The van der Waals surface area contributed by atoms with Crippen LogP contribution in [0.1, 0.15) is 11.1 Å². The smallest absolute Gasteiger partial charge is 0.243 e. The molecule has 112 valence electrons. The Morgan fingerprint density at radius 1 is 1.29 bits per heavy atom. The van der Waals surface area contributed by atoms with Crippen LogP contribution in [-0.4, -0.2) is 8.42 Å². The third kappa shape index (κ3) is 3.72. The highest BCUT2D eigenvalue weighted by molar-refractivity contribution is 7.89. The average Bonchev–Trinajstić information content (AvgIpc) is 2.41. The molecule has 2 rings (SSSR count). The first kappa shape index (κ1) is 15.8. The van der Waals surface area contributed by atoms with Gasteiger partial charge in [0.25, 0.3) is 0 Å². The Hall–Kier alpha value is -1.63. The molecule has 0 aromatic heterocycles. The molecule has 0 saturated carbocycles. The number of halogens is 2. The molecule has 0 fully saturated rings. The first-order chi connectivity index (χ1) is 9.79. The van der Waals surface area contributed by atoms with Gasteiger partial charge >= 0.3 is 0 Å². The predicted molar refractivity (Wildman–Crippen MR) is 81.0 cm³/mol. The van der Waals surface area contributed by atoms with Gasteiger partial charge in [0.2, 0.25) is 10.0 Å². The van der Waals surface area contributed by atoms with E-state index in [2.05, 4.69) is 4.72 Å². The van der Waals surface area contributed by atoms with E-state index in [0.717, 1.165) is 12.1 Å². The number of hydrogen-bond acceptors (Lipinski definition) is 3. The van der Waals surface area contributed by atoms with E-state index < -0.39 is 20.7 Å². The van der Waals surface area contributed by atoms with E-state index in [1.54, 1.807) is 31.2 Å². The Bertz CT molecular complexity index is 779. The van der Waals surface area contributed by atoms with Crippen LogP contribution in [0, 0.1) is 12.7 Å². The largest absolute Gasteiger partial charge is 0.398 e. The highest BCUT2D eigenvalue weighted by Crippen LogP contribution is 2.21. The molecule has 0 aliphatic heterocycles. The van der Waals surface area contributed by atoms with Gasteiger partial charge in [-0.2, -0.15) is 0 Å². The van der Waals surface area contributed by atoms with Crippen LogP contribution in [0.2, 0.25) is 5.02 Å². The van der Waals surface area contributed by atoms with E-state index in [4.69, 9.17) is 17.3 Å². The molecule has 0 aliphatic carbocycles. The molecule has 0 unspecified atom stereocenters. The Balaban J connectivity index is 2.25. The predicted octanol–water partition coefficient (Wildman–Crippen LogP) is 2.85. The van der Waals surface area contributed by atoms with Gasteiger partial charge in [-0.25, -0.2) is 17.5 Å². The molecule has 3 N–H and O–H groups in total. The zero-order valence-electron chi connectivity index (χ0n) is 11.2. The molecule has 4 nitrogen and oxygen atoms in total. The number of rotatable bonds is 4. The fourth-order valence-corrected chi connectivity index (χ4v) is 3.10. The normalized spacial score (nSPS) is 11.6. The number of anilines is 1. The van der Waals surface area contributed by atoms with Crippen LogP contribution in [0.5, 0.6) is 0 Å². The van der Waals surface area contributed by atoms with Gasteiger partial charge in [0.05, 0.1) is 0 Å². The first-order valence-corrected chi connectivity index (χ1v) is 7.95. The molecule has 0 bridgehead atoms. The van der Waals surface area contributed by atoms with Crippen LogP contribution in [0.4, 0.5) is 10.1 Å². The van der Waals surface area contributed by atoms with Crippen molar-refractivity contribution in [1.29, 1.82) is 0 Å². The van der Waals surface area contributed by atoms with Gasteiger partial charge in [0.1, 0.15) is 10.7 Å². The fourth-order valence-electron chi connectivity index (χ4n) is 1.78. The van der Waals surface area contributed by atoms with Crippen LogP contribution in [0.3, 0.4) is 0 Å². The van der Waals surface area contributed by atoms with Gasteiger partial charge in [0, 0.05) is 17.3 Å². The second-order valence-corrected chi connectivity index (χ2v) is 6.77. The minimum atomic E-state index is -3.99. The Labute approximate surface area is 127 Å². The van der Waals surface area contributed by atoms with E-state index in [1.807, 2.05) is 0 Å². The van der Waals surface area contributed by atoms with Crippen molar-refractivity contribution in [3.05, 3.63) is 58.4 Å². The van der Waals surface area contributed by atoms with Crippen molar-refractivity contribution in [2.45, 2.75) is 18.4 Å². The molecular weight excluding hydrogens is 315 g/mol. The molecule has 0 spiro atoms. The number of hydrogen-bond donors (Lipinski definition) is 2. The number of sulfonamides is 1. The molecule has 0 heterocycles. The van der Waals surface area contributed by atoms with Crippen molar-refractivity contribution >= 4 is 27.3 Å². The van der Waals surface area contributed by atoms with Crippen molar-refractivity contribution in [1.82, 2.24) is 4.72 Å². The summed E-state index contributed by atoms with van der Waals surface area (Å²) in [5.41, 5.74) is 7.02. The summed E-state index contributed by atoms with van der Waals surface area (Å²) >= 11 is 5.82. The van der Waals surface area contributed by atoms with Gasteiger partial charge < -0.3 is 5.73 Å². The summed E-state index contributed by atoms with van der Waals surface area (Å²) in [5.74, 6) is -0.833. The summed E-state index contributed by atoms with van der Waals surface area (Å²) < 4.78 is 40.4. The van der Waals surface area contributed by atoms with Gasteiger partial charge in [-0.1, -0.05) is 23.7 Å². The van der Waals surface area contributed by atoms with Crippen molar-refractivity contribution in [2.24, 2.45) is 0 Å². The minimum absolute atomic E-state index is 0.0100. The van der Waals surface area contributed by atoms with E-state index in [1.165, 1.54) is 0 Å². The number of nitrogens with one attached hydrogen (secondary N) is 1. The number of nitrogens with two attached hydrogens (primary N) is 1. The average molecular weight is 329 g/mol. The van der Waals surface area contributed by atoms with Crippen LogP contribution in [0.25, 0.3) is 0 Å². The van der Waals surface area contributed by atoms with Crippen molar-refractivity contribution in [3.8, 4) is 0 Å². The van der Waals surface area contributed by atoms with Gasteiger partial charge in [0.15, 0.2) is 0 Å². The lowest BCUT2D eigenvalue weighted by Crippen LogP contribution is -2.24. The summed E-state index contributed by atoms with van der Waals surface area (Å²) in [5, 5.41) is 0.498. The molecule has 2 aromatic carbocycles. The highest BCUT2D eigenvalue weighted by atomic mass is 35.5. The molecule has 7 heteroatoms. The lowest BCUT2D eigenvalue weighted by atomic mass is 10.2. The van der Waals surface area contributed by atoms with Crippen LogP contribution >= 0.6 is 11.6 Å². The zero-order chi connectivity index (χ0) is 15.6. The maximum Gasteiger partial charge on any atom is 0.243 e.